The van der Waals surface area contributed by atoms with E-state index < -0.39 is 5.60 Å². The summed E-state index contributed by atoms with van der Waals surface area (Å²) in [6.45, 7) is 3.61. The summed E-state index contributed by atoms with van der Waals surface area (Å²) >= 11 is 6.18. The van der Waals surface area contributed by atoms with E-state index in [1.165, 1.54) is 26.2 Å². The van der Waals surface area contributed by atoms with E-state index in [4.69, 9.17) is 21.1 Å². The van der Waals surface area contributed by atoms with Gasteiger partial charge in [-0.1, -0.05) is 23.7 Å². The van der Waals surface area contributed by atoms with Crippen LogP contribution in [0.15, 0.2) is 36.4 Å². The van der Waals surface area contributed by atoms with E-state index in [1.54, 1.807) is 24.3 Å². The number of methoxy groups -OCH3 is 1. The van der Waals surface area contributed by atoms with Crippen molar-refractivity contribution in [2.24, 2.45) is 0 Å². The van der Waals surface area contributed by atoms with E-state index in [2.05, 4.69) is 16.0 Å². The van der Waals surface area contributed by atoms with Crippen LogP contribution in [0.5, 0.6) is 11.5 Å². The number of benzene rings is 2. The molecule has 2 aromatic carbocycles. The van der Waals surface area contributed by atoms with Crippen LogP contribution in [0, 0.1) is 5.82 Å². The number of nitrogens with one attached hydrogen (secondary N) is 3. The number of amides is 1. The van der Waals surface area contributed by atoms with Crippen molar-refractivity contribution in [1.82, 2.24) is 10.6 Å². The average molecular weight is 480 g/mol. The highest BCUT2D eigenvalue weighted by atomic mass is 35.5. The molecule has 0 bridgehead atoms. The van der Waals surface area contributed by atoms with Gasteiger partial charge < -0.3 is 30.5 Å². The molecule has 0 radical (unpaired) electrons. The number of carbonyl (C=O) groups is 1. The number of hydrogen-bond donors (Lipinski definition) is 4. The van der Waals surface area contributed by atoms with Crippen molar-refractivity contribution in [2.45, 2.75) is 37.8 Å². The molecule has 1 aliphatic rings. The van der Waals surface area contributed by atoms with E-state index in [0.717, 1.165) is 18.7 Å². The van der Waals surface area contributed by atoms with Crippen molar-refractivity contribution in [2.75, 3.05) is 38.7 Å². The van der Waals surface area contributed by atoms with E-state index in [9.17, 15) is 14.3 Å². The van der Waals surface area contributed by atoms with Gasteiger partial charge in [0.1, 0.15) is 23.9 Å². The Bertz CT molecular complexity index is 936. The number of hydrogen-bond acceptors (Lipinski definition) is 6. The summed E-state index contributed by atoms with van der Waals surface area (Å²) in [5, 5.41) is 21.1. The van der Waals surface area contributed by atoms with Crippen molar-refractivity contribution in [3.8, 4) is 11.5 Å². The number of ether oxygens (including phenoxy) is 2. The Morgan fingerprint density at radius 2 is 1.94 bits per heavy atom. The first kappa shape index (κ1) is 25.2. The van der Waals surface area contributed by atoms with Gasteiger partial charge in [0, 0.05) is 25.6 Å². The molecule has 4 N–H and O–H groups in total. The van der Waals surface area contributed by atoms with Crippen LogP contribution in [-0.2, 0) is 11.2 Å². The largest absolute Gasteiger partial charge is 0.495 e. The SMILES string of the molecule is COc1cc(OCCNC(Cc2ccc(F)cc2)C2(O)CCNCC2)c(NC(C)=O)cc1Cl. The molecule has 1 fully saturated rings. The molecular weight excluding hydrogens is 449 g/mol. The maximum atomic E-state index is 13.3. The highest BCUT2D eigenvalue weighted by molar-refractivity contribution is 6.32. The van der Waals surface area contributed by atoms with Gasteiger partial charge >= 0.3 is 0 Å². The standard InChI is InChI=1S/C24H31ClFN3O4/c1-16(30)29-20-14-19(25)21(32-2)15-22(20)33-12-11-28-23(24(31)7-9-27-10-8-24)13-17-3-5-18(26)6-4-17/h3-6,14-15,23,27-28,31H,7-13H2,1-2H3,(H,29,30). The maximum Gasteiger partial charge on any atom is 0.221 e. The Kier molecular flexibility index (Phi) is 8.91. The quantitative estimate of drug-likeness (QED) is 0.391. The first-order valence-electron chi connectivity index (χ1n) is 11.0. The van der Waals surface area contributed by atoms with Crippen molar-refractivity contribution in [3.05, 3.63) is 52.8 Å². The Morgan fingerprint density at radius 3 is 2.58 bits per heavy atom. The number of rotatable bonds is 10. The molecule has 1 amide bonds. The maximum absolute atomic E-state index is 13.3. The lowest BCUT2D eigenvalue weighted by atomic mass is 9.82. The fraction of sp³-hybridized carbons (Fsp3) is 0.458. The molecule has 3 rings (SSSR count). The molecule has 2 aromatic rings. The summed E-state index contributed by atoms with van der Waals surface area (Å²) < 4.78 is 24.5. The Labute approximate surface area is 198 Å². The van der Waals surface area contributed by atoms with Crippen LogP contribution in [0.2, 0.25) is 5.02 Å². The Hall–Kier alpha value is -2.39. The van der Waals surface area contributed by atoms with Crippen molar-refractivity contribution < 1.29 is 23.8 Å². The molecule has 1 heterocycles. The topological polar surface area (TPSA) is 91.8 Å². The third-order valence-corrected chi connectivity index (χ3v) is 6.08. The number of carbonyl (C=O) groups excluding carboxylic acids is 1. The number of halogens is 2. The number of aliphatic hydroxyl groups is 1. The normalized spacial score (nSPS) is 16.2. The summed E-state index contributed by atoms with van der Waals surface area (Å²) in [4.78, 5) is 11.5. The Morgan fingerprint density at radius 1 is 1.24 bits per heavy atom. The molecular formula is C24H31ClFN3O4. The van der Waals surface area contributed by atoms with Crippen LogP contribution in [0.25, 0.3) is 0 Å². The highest BCUT2D eigenvalue weighted by Gasteiger charge is 2.37. The van der Waals surface area contributed by atoms with Gasteiger partial charge in [0.05, 0.1) is 23.4 Å². The fourth-order valence-corrected chi connectivity index (χ4v) is 4.25. The van der Waals surface area contributed by atoms with E-state index in [1.807, 2.05) is 0 Å². The lowest BCUT2D eigenvalue weighted by Gasteiger charge is -2.40. The third-order valence-electron chi connectivity index (χ3n) is 5.79. The first-order valence-corrected chi connectivity index (χ1v) is 11.4. The molecule has 0 spiro atoms. The number of anilines is 1. The molecule has 1 unspecified atom stereocenters. The van der Waals surface area contributed by atoms with E-state index in [0.29, 0.717) is 48.0 Å². The number of piperidine rings is 1. The van der Waals surface area contributed by atoms with Gasteiger partial charge in [0.2, 0.25) is 5.91 Å². The molecule has 0 aromatic heterocycles. The second-order valence-corrected chi connectivity index (χ2v) is 8.61. The first-order chi connectivity index (χ1) is 15.8. The van der Waals surface area contributed by atoms with Gasteiger partial charge in [0.15, 0.2) is 0 Å². The second kappa shape index (κ2) is 11.7. The Balaban J connectivity index is 1.67. The van der Waals surface area contributed by atoms with Crippen LogP contribution in [-0.4, -0.2) is 56.0 Å². The van der Waals surface area contributed by atoms with Crippen LogP contribution >= 0.6 is 11.6 Å². The highest BCUT2D eigenvalue weighted by Crippen LogP contribution is 2.36. The van der Waals surface area contributed by atoms with Crippen molar-refractivity contribution in [3.63, 3.8) is 0 Å². The molecule has 1 atom stereocenters. The molecule has 7 nitrogen and oxygen atoms in total. The van der Waals surface area contributed by atoms with E-state index in [-0.39, 0.29) is 24.4 Å². The molecule has 1 saturated heterocycles. The molecule has 9 heteroatoms. The third kappa shape index (κ3) is 7.04. The summed E-state index contributed by atoms with van der Waals surface area (Å²) in [5.41, 5.74) is 0.509. The predicted octanol–water partition coefficient (Wildman–Crippen LogP) is 3.14. The minimum absolute atomic E-state index is 0.233. The molecule has 0 aliphatic carbocycles. The van der Waals surface area contributed by atoms with Crippen LogP contribution in [0.4, 0.5) is 10.1 Å². The zero-order valence-electron chi connectivity index (χ0n) is 18.9. The minimum atomic E-state index is -0.884. The average Bonchev–Trinajstić information content (AvgIpc) is 2.78. The van der Waals surface area contributed by atoms with Gasteiger partial charge in [-0.2, -0.15) is 0 Å². The second-order valence-electron chi connectivity index (χ2n) is 8.20. The van der Waals surface area contributed by atoms with Crippen molar-refractivity contribution >= 4 is 23.2 Å². The molecule has 1 aliphatic heterocycles. The van der Waals surface area contributed by atoms with Crippen LogP contribution in [0.3, 0.4) is 0 Å². The molecule has 180 valence electrons. The van der Waals surface area contributed by atoms with Gasteiger partial charge in [-0.15, -0.1) is 0 Å². The van der Waals surface area contributed by atoms with Gasteiger partial charge in [-0.25, -0.2) is 4.39 Å². The summed E-state index contributed by atoms with van der Waals surface area (Å²) in [7, 11) is 1.50. The predicted molar refractivity (Wildman–Crippen MR) is 127 cm³/mol. The smallest absolute Gasteiger partial charge is 0.221 e. The lowest BCUT2D eigenvalue weighted by Crippen LogP contribution is -2.57. The van der Waals surface area contributed by atoms with Gasteiger partial charge in [0.25, 0.3) is 0 Å². The summed E-state index contributed by atoms with van der Waals surface area (Å²) in [6.07, 6.45) is 1.80. The fourth-order valence-electron chi connectivity index (χ4n) is 4.01. The van der Waals surface area contributed by atoms with Crippen molar-refractivity contribution in [1.29, 1.82) is 0 Å². The van der Waals surface area contributed by atoms with Crippen LogP contribution in [0.1, 0.15) is 25.3 Å². The minimum Gasteiger partial charge on any atom is -0.495 e. The molecule has 0 saturated carbocycles. The lowest BCUT2D eigenvalue weighted by molar-refractivity contribution is -0.114. The van der Waals surface area contributed by atoms with Gasteiger partial charge in [-0.05, 0) is 56.1 Å². The monoisotopic (exact) mass is 479 g/mol. The zero-order valence-corrected chi connectivity index (χ0v) is 19.7. The molecule has 33 heavy (non-hydrogen) atoms. The zero-order chi connectivity index (χ0) is 23.8. The van der Waals surface area contributed by atoms with E-state index >= 15 is 0 Å². The van der Waals surface area contributed by atoms with Crippen LogP contribution < -0.4 is 25.4 Å². The van der Waals surface area contributed by atoms with Gasteiger partial charge in [-0.3, -0.25) is 4.79 Å². The summed E-state index contributed by atoms with van der Waals surface area (Å²) in [5.74, 6) is 0.341. The summed E-state index contributed by atoms with van der Waals surface area (Å²) in [6, 6.07) is 9.32.